The summed E-state index contributed by atoms with van der Waals surface area (Å²) >= 11 is 7.93. The van der Waals surface area contributed by atoms with E-state index in [4.69, 9.17) is 22.3 Å². The molecule has 1 aliphatic carbocycles. The van der Waals surface area contributed by atoms with E-state index in [9.17, 15) is 9.18 Å². The van der Waals surface area contributed by atoms with Crippen LogP contribution in [0.4, 0.5) is 4.39 Å². The van der Waals surface area contributed by atoms with Crippen LogP contribution in [0, 0.1) is 18.7 Å². The van der Waals surface area contributed by atoms with Gasteiger partial charge in [-0.2, -0.15) is 0 Å². The van der Waals surface area contributed by atoms with Crippen molar-refractivity contribution in [2.45, 2.75) is 26.3 Å². The van der Waals surface area contributed by atoms with Gasteiger partial charge in [0.1, 0.15) is 23.2 Å². The molecule has 0 radical (unpaired) electrons. The summed E-state index contributed by atoms with van der Waals surface area (Å²) in [6.07, 6.45) is 1.09. The number of primary amides is 1. The smallest absolute Gasteiger partial charge is 0.221 e. The topological polar surface area (TPSA) is 86.2 Å². The number of carbonyl (C=O) groups excluding carboxylic acids is 1. The summed E-state index contributed by atoms with van der Waals surface area (Å²) in [7, 11) is 0. The van der Waals surface area contributed by atoms with Gasteiger partial charge in [-0.25, -0.2) is 4.39 Å². The van der Waals surface area contributed by atoms with Crippen LogP contribution in [-0.2, 0) is 24.2 Å². The minimum Gasteiger partial charge on any atom is -0.369 e. The van der Waals surface area contributed by atoms with Crippen molar-refractivity contribution in [2.24, 2.45) is 16.6 Å². The predicted octanol–water partition coefficient (Wildman–Crippen LogP) is 2.98. The Morgan fingerprint density at radius 3 is 2.89 bits per heavy atom. The Morgan fingerprint density at radius 2 is 2.14 bits per heavy atom. The fourth-order valence-electron chi connectivity index (χ4n) is 3.95. The Morgan fingerprint density at radius 1 is 1.32 bits per heavy atom. The van der Waals surface area contributed by atoms with Crippen molar-refractivity contribution in [1.82, 2.24) is 14.8 Å². The Balaban J connectivity index is 1.79. The van der Waals surface area contributed by atoms with Gasteiger partial charge in [0, 0.05) is 16.4 Å². The Hall–Kier alpha value is -2.58. The van der Waals surface area contributed by atoms with Gasteiger partial charge in [-0.05, 0) is 37.5 Å². The van der Waals surface area contributed by atoms with E-state index < -0.39 is 5.82 Å². The summed E-state index contributed by atoms with van der Waals surface area (Å²) in [4.78, 5) is 17.5. The highest BCUT2D eigenvalue weighted by Crippen LogP contribution is 2.43. The van der Waals surface area contributed by atoms with Crippen molar-refractivity contribution < 1.29 is 9.18 Å². The molecule has 1 aliphatic heterocycles. The van der Waals surface area contributed by atoms with E-state index in [1.165, 1.54) is 6.07 Å². The second kappa shape index (κ2) is 6.22. The molecule has 0 bridgehead atoms. The fourth-order valence-corrected chi connectivity index (χ4v) is 5.68. The number of halogens is 2. The van der Waals surface area contributed by atoms with Gasteiger partial charge in [-0.3, -0.25) is 14.4 Å². The number of nitrogens with zero attached hydrogens (tertiary/aromatic N) is 4. The minimum atomic E-state index is -0.434. The van der Waals surface area contributed by atoms with Gasteiger partial charge < -0.3 is 5.73 Å². The number of aliphatic imine (C=N–C) groups is 1. The summed E-state index contributed by atoms with van der Waals surface area (Å²) in [6.45, 7) is 2.13. The normalized spacial score (nSPS) is 17.5. The highest BCUT2D eigenvalue weighted by atomic mass is 35.5. The molecule has 2 aliphatic rings. The number of nitrogens with two attached hydrogens (primary N) is 1. The number of amides is 1. The third-order valence-corrected chi connectivity index (χ3v) is 6.82. The van der Waals surface area contributed by atoms with E-state index in [1.807, 2.05) is 11.5 Å². The third-order valence-electron chi connectivity index (χ3n) is 5.27. The maximum absolute atomic E-state index is 14.8. The van der Waals surface area contributed by atoms with Crippen molar-refractivity contribution >= 4 is 34.6 Å². The van der Waals surface area contributed by atoms with Gasteiger partial charge in [0.05, 0.1) is 16.3 Å². The number of benzene rings is 1. The second-order valence-electron chi connectivity index (χ2n) is 6.95. The SMILES string of the molecule is Cc1nnc2n1-c1sc3c(c1C(c1c(F)cccc1Cl)=NC2)C[C@@H](C(N)=O)C3. The van der Waals surface area contributed by atoms with Crippen LogP contribution in [0.3, 0.4) is 0 Å². The lowest BCUT2D eigenvalue weighted by atomic mass is 9.97. The number of hydrogen-bond donors (Lipinski definition) is 1. The quantitative estimate of drug-likeness (QED) is 0.698. The summed E-state index contributed by atoms with van der Waals surface area (Å²) in [5, 5.41) is 9.58. The number of hydrogen-bond acceptors (Lipinski definition) is 5. The number of thiophene rings is 1. The predicted molar refractivity (Wildman–Crippen MR) is 105 cm³/mol. The first-order valence-electron chi connectivity index (χ1n) is 8.80. The number of carbonyl (C=O) groups is 1. The zero-order valence-corrected chi connectivity index (χ0v) is 16.4. The van der Waals surface area contributed by atoms with Crippen LogP contribution in [-0.4, -0.2) is 26.4 Å². The summed E-state index contributed by atoms with van der Waals surface area (Å²) in [5.74, 6) is 0.408. The van der Waals surface area contributed by atoms with E-state index in [1.54, 1.807) is 23.5 Å². The molecular weight excluding hydrogens is 401 g/mol. The van der Waals surface area contributed by atoms with Gasteiger partial charge in [0.15, 0.2) is 5.82 Å². The Kier molecular flexibility index (Phi) is 3.89. The Bertz CT molecular complexity index is 1160. The number of fused-ring (bicyclic) bond motifs is 5. The lowest BCUT2D eigenvalue weighted by Crippen LogP contribution is -2.23. The molecule has 2 aromatic heterocycles. The first-order valence-corrected chi connectivity index (χ1v) is 9.99. The van der Waals surface area contributed by atoms with Crippen LogP contribution in [0.25, 0.3) is 5.00 Å². The number of rotatable bonds is 2. The average Bonchev–Trinajstić information content (AvgIpc) is 3.27. The van der Waals surface area contributed by atoms with Crippen molar-refractivity contribution in [3.8, 4) is 5.00 Å². The van der Waals surface area contributed by atoms with Crippen LogP contribution < -0.4 is 5.73 Å². The van der Waals surface area contributed by atoms with E-state index >= 15 is 0 Å². The van der Waals surface area contributed by atoms with Gasteiger partial charge in [0.25, 0.3) is 0 Å². The van der Waals surface area contributed by atoms with E-state index in [2.05, 4.69) is 10.2 Å². The molecule has 0 fully saturated rings. The fraction of sp³-hybridized carbons (Fsp3) is 0.263. The molecule has 3 heterocycles. The van der Waals surface area contributed by atoms with Crippen LogP contribution in [0.5, 0.6) is 0 Å². The lowest BCUT2D eigenvalue weighted by Gasteiger charge is -2.13. The maximum atomic E-state index is 14.8. The number of aryl methyl sites for hydroxylation is 1. The van der Waals surface area contributed by atoms with Gasteiger partial charge >= 0.3 is 0 Å². The highest BCUT2D eigenvalue weighted by Gasteiger charge is 2.36. The molecule has 28 heavy (non-hydrogen) atoms. The molecular formula is C19H15ClFN5OS. The van der Waals surface area contributed by atoms with Crippen molar-refractivity contribution in [2.75, 3.05) is 0 Å². The average molecular weight is 416 g/mol. The van der Waals surface area contributed by atoms with Crippen LogP contribution in [0.2, 0.25) is 5.02 Å². The summed E-state index contributed by atoms with van der Waals surface area (Å²) in [5.41, 5.74) is 8.10. The zero-order chi connectivity index (χ0) is 19.6. The molecule has 2 N–H and O–H groups in total. The van der Waals surface area contributed by atoms with E-state index in [0.29, 0.717) is 29.4 Å². The summed E-state index contributed by atoms with van der Waals surface area (Å²) < 4.78 is 16.7. The van der Waals surface area contributed by atoms with E-state index in [0.717, 1.165) is 26.8 Å². The summed E-state index contributed by atoms with van der Waals surface area (Å²) in [6, 6.07) is 4.59. The van der Waals surface area contributed by atoms with Crippen molar-refractivity contribution in [1.29, 1.82) is 0 Å². The minimum absolute atomic E-state index is 0.256. The zero-order valence-electron chi connectivity index (χ0n) is 14.9. The maximum Gasteiger partial charge on any atom is 0.221 e. The van der Waals surface area contributed by atoms with E-state index in [-0.39, 0.29) is 23.9 Å². The molecule has 3 aromatic rings. The lowest BCUT2D eigenvalue weighted by molar-refractivity contribution is -0.121. The van der Waals surface area contributed by atoms with Gasteiger partial charge in [-0.15, -0.1) is 21.5 Å². The molecule has 0 unspecified atom stereocenters. The van der Waals surface area contributed by atoms with Crippen LogP contribution >= 0.6 is 22.9 Å². The van der Waals surface area contributed by atoms with Crippen LogP contribution in [0.15, 0.2) is 23.2 Å². The molecule has 5 rings (SSSR count). The number of aromatic nitrogens is 3. The monoisotopic (exact) mass is 415 g/mol. The molecule has 142 valence electrons. The third kappa shape index (κ3) is 2.44. The van der Waals surface area contributed by atoms with Gasteiger partial charge in [-0.1, -0.05) is 17.7 Å². The molecule has 1 amide bonds. The largest absolute Gasteiger partial charge is 0.369 e. The van der Waals surface area contributed by atoms with Crippen molar-refractivity contribution in [3.05, 3.63) is 62.3 Å². The molecule has 6 nitrogen and oxygen atoms in total. The van der Waals surface area contributed by atoms with Crippen molar-refractivity contribution in [3.63, 3.8) is 0 Å². The molecule has 0 spiro atoms. The molecule has 0 saturated heterocycles. The van der Waals surface area contributed by atoms with Crippen LogP contribution in [0.1, 0.15) is 33.2 Å². The second-order valence-corrected chi connectivity index (χ2v) is 8.44. The molecule has 1 aromatic carbocycles. The molecule has 0 saturated carbocycles. The van der Waals surface area contributed by atoms with Gasteiger partial charge in [0.2, 0.25) is 5.91 Å². The first-order chi connectivity index (χ1) is 13.5. The standard InChI is InChI=1S/C19H15ClFN5OS/c1-8-24-25-14-7-23-17(16-11(20)3-2-4-12(16)21)15-10-5-9(18(22)27)6-13(10)28-19(15)26(8)14/h2-4,9H,5-7H2,1H3,(H2,22,27)/t9-/m1/s1. The molecule has 1 atom stereocenters. The molecule has 9 heteroatoms. The Labute approximate surface area is 168 Å². The highest BCUT2D eigenvalue weighted by molar-refractivity contribution is 7.15. The first kappa shape index (κ1) is 17.5.